The molecule has 0 fully saturated rings. The summed E-state index contributed by atoms with van der Waals surface area (Å²) in [6, 6.07) is 125. The molecule has 0 unspecified atom stereocenters. The van der Waals surface area contributed by atoms with Crippen LogP contribution in [0.5, 0.6) is 0 Å². The first-order chi connectivity index (χ1) is 51.1. The largest absolute Gasteiger partial charge is 0.456 e. The van der Waals surface area contributed by atoms with Gasteiger partial charge in [0.25, 0.3) is 0 Å². The van der Waals surface area contributed by atoms with Crippen molar-refractivity contribution in [2.75, 3.05) is 0 Å². The van der Waals surface area contributed by atoms with E-state index >= 15 is 0 Å². The van der Waals surface area contributed by atoms with E-state index in [0.29, 0.717) is 0 Å². The van der Waals surface area contributed by atoms with E-state index in [1.165, 1.54) is 165 Å². The second kappa shape index (κ2) is 22.8. The fraction of sp³-hybridized carbons (Fsp3) is 0.0588. The van der Waals surface area contributed by atoms with Gasteiger partial charge in [-0.3, -0.25) is 0 Å². The first-order valence-electron chi connectivity index (χ1n) is 36.4. The molecular formula is C102H68O2. The van der Waals surface area contributed by atoms with Crippen LogP contribution in [0.2, 0.25) is 0 Å². The Hall–Kier alpha value is -12.9. The van der Waals surface area contributed by atoms with Gasteiger partial charge in [0.1, 0.15) is 22.3 Å². The van der Waals surface area contributed by atoms with Crippen molar-refractivity contribution in [2.45, 2.75) is 38.5 Å². The highest BCUT2D eigenvalue weighted by Crippen LogP contribution is 2.58. The van der Waals surface area contributed by atoms with Gasteiger partial charge in [0.2, 0.25) is 0 Å². The molecule has 488 valence electrons. The van der Waals surface area contributed by atoms with E-state index in [1.54, 1.807) is 0 Å². The number of hydrogen-bond acceptors (Lipinski definition) is 2. The van der Waals surface area contributed by atoms with Crippen LogP contribution in [0, 0.1) is 0 Å². The van der Waals surface area contributed by atoms with Crippen molar-refractivity contribution in [1.82, 2.24) is 0 Å². The zero-order chi connectivity index (χ0) is 69.1. The predicted octanol–water partition coefficient (Wildman–Crippen LogP) is 28.7. The molecule has 104 heavy (non-hydrogen) atoms. The van der Waals surface area contributed by atoms with Crippen LogP contribution in [-0.4, -0.2) is 0 Å². The smallest absolute Gasteiger partial charge is 0.143 e. The fourth-order valence-corrected chi connectivity index (χ4v) is 18.5. The van der Waals surface area contributed by atoms with Crippen LogP contribution in [-0.2, 0) is 10.8 Å². The lowest BCUT2D eigenvalue weighted by Crippen LogP contribution is -2.16. The standard InChI is InChI=1S/C57H36O2.C45H32/c1-57(2)48-26-23-34(31-47(48)55-37-13-4-3-12-33(37)22-27-49(55)57)35-24-28-51-45(30-35)46-32-36(25-29-52(46)58-51)53-39-15-5-7-17-41(39)54(42-18-8-6-16-40(42)53)44-20-11-19-43-38-14-9-10-21-50(38)59-56(43)44;1-45(2)40-28-27-31-15-6-7-16-33(31)43(40)39-22-12-21-38(44(39)45)42-36-19-10-8-17-34(36)41(35-18-9-11-20-37(35)42)32-25-23-30(24-26-32)29-13-4-3-5-14-29/h3-32H,1-2H3;3-28H,1-2H3. The molecule has 2 aliphatic carbocycles. The first-order valence-corrected chi connectivity index (χ1v) is 36.4. The van der Waals surface area contributed by atoms with Crippen molar-refractivity contribution in [3.8, 4) is 89.0 Å². The summed E-state index contributed by atoms with van der Waals surface area (Å²) in [5.41, 5.74) is 29.2. The third-order valence-electron chi connectivity index (χ3n) is 23.3. The van der Waals surface area contributed by atoms with Crippen LogP contribution in [0.1, 0.15) is 49.9 Å². The van der Waals surface area contributed by atoms with Gasteiger partial charge in [0.15, 0.2) is 0 Å². The van der Waals surface area contributed by atoms with Gasteiger partial charge < -0.3 is 8.83 Å². The normalized spacial score (nSPS) is 13.3. The predicted molar refractivity (Wildman–Crippen MR) is 440 cm³/mol. The lowest BCUT2D eigenvalue weighted by Gasteiger charge is -2.26. The molecule has 22 rings (SSSR count). The van der Waals surface area contributed by atoms with Gasteiger partial charge >= 0.3 is 0 Å². The Kier molecular flexibility index (Phi) is 13.1. The lowest BCUT2D eigenvalue weighted by atomic mass is 9.76. The Morgan fingerprint density at radius 1 is 0.192 bits per heavy atom. The molecule has 0 aliphatic heterocycles. The molecule has 2 aromatic heterocycles. The van der Waals surface area contributed by atoms with Crippen molar-refractivity contribution >= 4 is 109 Å². The molecule has 0 atom stereocenters. The number of benzene rings is 18. The maximum Gasteiger partial charge on any atom is 0.143 e. The number of furan rings is 2. The van der Waals surface area contributed by atoms with Crippen LogP contribution in [0.3, 0.4) is 0 Å². The molecule has 20 aromatic rings. The summed E-state index contributed by atoms with van der Waals surface area (Å²) >= 11 is 0. The minimum Gasteiger partial charge on any atom is -0.456 e. The van der Waals surface area contributed by atoms with E-state index in [2.05, 4.69) is 361 Å². The topological polar surface area (TPSA) is 26.3 Å². The molecule has 0 radical (unpaired) electrons. The van der Waals surface area contributed by atoms with Crippen LogP contribution in [0.15, 0.2) is 349 Å². The molecule has 18 aromatic carbocycles. The van der Waals surface area contributed by atoms with Gasteiger partial charge in [-0.1, -0.05) is 331 Å². The average Bonchev–Trinajstić information content (AvgIpc) is 1.41. The average molecular weight is 1330 g/mol. The Morgan fingerprint density at radius 3 is 1.16 bits per heavy atom. The zero-order valence-corrected chi connectivity index (χ0v) is 58.1. The van der Waals surface area contributed by atoms with Gasteiger partial charge in [-0.25, -0.2) is 0 Å². The summed E-state index contributed by atoms with van der Waals surface area (Å²) in [5.74, 6) is 0. The van der Waals surface area contributed by atoms with Gasteiger partial charge in [0.05, 0.1) is 0 Å². The Bertz CT molecular complexity index is 6900. The second-order valence-electron chi connectivity index (χ2n) is 29.6. The number of para-hydroxylation sites is 2. The second-order valence-corrected chi connectivity index (χ2v) is 29.6. The summed E-state index contributed by atoms with van der Waals surface area (Å²) in [7, 11) is 0. The summed E-state index contributed by atoms with van der Waals surface area (Å²) in [4.78, 5) is 0. The van der Waals surface area contributed by atoms with Crippen LogP contribution < -0.4 is 0 Å². The molecule has 2 aliphatic rings. The molecule has 2 nitrogen and oxygen atoms in total. The van der Waals surface area contributed by atoms with Crippen molar-refractivity contribution < 1.29 is 8.83 Å². The first kappa shape index (κ1) is 59.9. The molecule has 0 saturated heterocycles. The third-order valence-corrected chi connectivity index (χ3v) is 23.3. The zero-order valence-electron chi connectivity index (χ0n) is 58.1. The minimum atomic E-state index is -0.139. The Morgan fingerprint density at radius 2 is 0.567 bits per heavy atom. The SMILES string of the molecule is CC1(C)c2ccc(-c3ccc4oc5ccc(-c6c7ccccc7c(-c7cccc8c7oc7ccccc78)c7ccccc67)cc5c4c3)cc2-c2c1ccc1ccccc21.CC1(C)c2ccc3ccccc3c2-c2cccc(-c3c4ccccc4c(-c4ccc(-c5ccccc5)cc4)c4ccccc34)c21. The van der Waals surface area contributed by atoms with Gasteiger partial charge in [0, 0.05) is 43.5 Å². The van der Waals surface area contributed by atoms with E-state index in [1.807, 2.05) is 6.07 Å². The highest BCUT2D eigenvalue weighted by atomic mass is 16.3. The quantitative estimate of drug-likeness (QED) is 0.155. The highest BCUT2D eigenvalue weighted by Gasteiger charge is 2.40. The highest BCUT2D eigenvalue weighted by molar-refractivity contribution is 6.26. The lowest BCUT2D eigenvalue weighted by molar-refractivity contribution is 0.661. The van der Waals surface area contributed by atoms with Crippen molar-refractivity contribution in [3.05, 3.63) is 362 Å². The summed E-state index contributed by atoms with van der Waals surface area (Å²) in [5, 5.41) is 19.7. The molecule has 0 spiro atoms. The maximum absolute atomic E-state index is 6.63. The van der Waals surface area contributed by atoms with Crippen LogP contribution >= 0.6 is 0 Å². The molecule has 0 saturated carbocycles. The Labute approximate surface area is 603 Å². The maximum atomic E-state index is 6.63. The molecule has 0 bridgehead atoms. The van der Waals surface area contributed by atoms with Gasteiger partial charge in [-0.15, -0.1) is 0 Å². The van der Waals surface area contributed by atoms with E-state index in [-0.39, 0.29) is 10.8 Å². The van der Waals surface area contributed by atoms with Crippen molar-refractivity contribution in [2.24, 2.45) is 0 Å². The number of fused-ring (bicyclic) bond motifs is 20. The third kappa shape index (κ3) is 8.88. The summed E-state index contributed by atoms with van der Waals surface area (Å²) in [6.07, 6.45) is 0. The molecule has 0 N–H and O–H groups in total. The van der Waals surface area contributed by atoms with Crippen LogP contribution in [0.4, 0.5) is 0 Å². The monoisotopic (exact) mass is 1320 g/mol. The van der Waals surface area contributed by atoms with E-state index in [4.69, 9.17) is 8.83 Å². The van der Waals surface area contributed by atoms with Crippen molar-refractivity contribution in [3.63, 3.8) is 0 Å². The summed E-state index contributed by atoms with van der Waals surface area (Å²) in [6.45, 7) is 9.52. The molecule has 2 heteroatoms. The number of rotatable bonds is 6. The molecule has 2 heterocycles. The molecule has 0 amide bonds. The van der Waals surface area contributed by atoms with Gasteiger partial charge in [-0.05, 0) is 201 Å². The van der Waals surface area contributed by atoms with E-state index in [0.717, 1.165) is 55.0 Å². The van der Waals surface area contributed by atoms with Crippen LogP contribution in [0.25, 0.3) is 198 Å². The minimum absolute atomic E-state index is 0.0678. The van der Waals surface area contributed by atoms with Gasteiger partial charge in [-0.2, -0.15) is 0 Å². The van der Waals surface area contributed by atoms with Crippen molar-refractivity contribution in [1.29, 1.82) is 0 Å². The Balaban J connectivity index is 0.000000140. The molecular weight excluding hydrogens is 1260 g/mol. The van der Waals surface area contributed by atoms with E-state index in [9.17, 15) is 0 Å². The summed E-state index contributed by atoms with van der Waals surface area (Å²) < 4.78 is 13.2. The fourth-order valence-electron chi connectivity index (χ4n) is 18.5. The van der Waals surface area contributed by atoms with E-state index < -0.39 is 0 Å². The number of hydrogen-bond donors (Lipinski definition) is 0.